The molecule has 3 N–H and O–H groups in total. The van der Waals surface area contributed by atoms with E-state index in [0.29, 0.717) is 18.0 Å². The molecule has 25 heavy (non-hydrogen) atoms. The highest BCUT2D eigenvalue weighted by molar-refractivity contribution is 5.85. The van der Waals surface area contributed by atoms with Crippen LogP contribution in [-0.2, 0) is 12.7 Å². The maximum absolute atomic E-state index is 12.7. The molecule has 0 bridgehead atoms. The Bertz CT molecular complexity index is 669. The minimum atomic E-state index is -4.32. The zero-order chi connectivity index (χ0) is 17.2. The lowest BCUT2D eigenvalue weighted by Crippen LogP contribution is -2.37. The van der Waals surface area contributed by atoms with Gasteiger partial charge in [-0.2, -0.15) is 18.3 Å². The topological polar surface area (TPSA) is 57.9 Å². The van der Waals surface area contributed by atoms with Crippen LogP contribution in [-0.4, -0.2) is 34.7 Å². The van der Waals surface area contributed by atoms with Gasteiger partial charge >= 0.3 is 6.18 Å². The van der Waals surface area contributed by atoms with Gasteiger partial charge in [0.25, 0.3) is 0 Å². The Hall–Kier alpha value is -1.57. The molecule has 1 aliphatic rings. The molecular weight excluding hydrogens is 353 g/mol. The summed E-state index contributed by atoms with van der Waals surface area (Å²) < 4.78 is 38.1. The molecule has 0 aliphatic carbocycles. The molecule has 0 amide bonds. The summed E-state index contributed by atoms with van der Waals surface area (Å²) in [6, 6.07) is 5.17. The van der Waals surface area contributed by atoms with Crippen LogP contribution < -0.4 is 5.73 Å². The Morgan fingerprint density at radius 2 is 1.96 bits per heavy atom. The minimum Gasteiger partial charge on any atom is -0.330 e. The predicted octanol–water partition coefficient (Wildman–Crippen LogP) is 3.69. The van der Waals surface area contributed by atoms with Gasteiger partial charge in [-0.15, -0.1) is 12.4 Å². The molecule has 1 aliphatic heterocycles. The van der Waals surface area contributed by atoms with E-state index in [0.717, 1.165) is 55.9 Å². The Balaban J connectivity index is 0.00000225. The molecule has 1 aromatic heterocycles. The van der Waals surface area contributed by atoms with Crippen LogP contribution in [0.5, 0.6) is 0 Å². The van der Waals surface area contributed by atoms with Gasteiger partial charge < -0.3 is 5.73 Å². The number of halogens is 4. The first-order chi connectivity index (χ1) is 11.5. The number of H-pyrrole nitrogens is 1. The van der Waals surface area contributed by atoms with Crippen LogP contribution in [0, 0.1) is 5.92 Å². The fourth-order valence-electron chi connectivity index (χ4n) is 3.23. The Morgan fingerprint density at radius 3 is 2.60 bits per heavy atom. The van der Waals surface area contributed by atoms with Gasteiger partial charge in [0, 0.05) is 18.7 Å². The second kappa shape index (κ2) is 8.21. The molecular formula is C17H22ClF3N4. The second-order valence-electron chi connectivity index (χ2n) is 6.32. The molecule has 0 spiro atoms. The van der Waals surface area contributed by atoms with Crippen LogP contribution in [0.15, 0.2) is 30.5 Å². The zero-order valence-electron chi connectivity index (χ0n) is 13.7. The number of aromatic amines is 1. The molecule has 1 saturated heterocycles. The van der Waals surface area contributed by atoms with E-state index in [4.69, 9.17) is 5.73 Å². The maximum atomic E-state index is 12.7. The molecule has 2 heterocycles. The molecule has 1 fully saturated rings. The van der Waals surface area contributed by atoms with Crippen molar-refractivity contribution in [3.8, 4) is 11.3 Å². The molecule has 8 heteroatoms. The second-order valence-corrected chi connectivity index (χ2v) is 6.32. The van der Waals surface area contributed by atoms with Gasteiger partial charge in [0.15, 0.2) is 0 Å². The summed E-state index contributed by atoms with van der Waals surface area (Å²) in [6.45, 7) is 3.37. The van der Waals surface area contributed by atoms with E-state index in [2.05, 4.69) is 15.1 Å². The van der Waals surface area contributed by atoms with Crippen LogP contribution in [0.25, 0.3) is 11.3 Å². The number of nitrogens with two attached hydrogens (primary N) is 1. The van der Waals surface area contributed by atoms with Gasteiger partial charge in [0.05, 0.1) is 17.5 Å². The molecule has 1 atom stereocenters. The van der Waals surface area contributed by atoms with E-state index in [1.54, 1.807) is 6.20 Å². The third-order valence-electron chi connectivity index (χ3n) is 4.55. The van der Waals surface area contributed by atoms with Gasteiger partial charge in [0.2, 0.25) is 0 Å². The summed E-state index contributed by atoms with van der Waals surface area (Å²) in [4.78, 5) is 2.33. The van der Waals surface area contributed by atoms with Crippen molar-refractivity contribution in [1.29, 1.82) is 0 Å². The Kier molecular flexibility index (Phi) is 6.48. The van der Waals surface area contributed by atoms with Gasteiger partial charge in [-0.05, 0) is 49.5 Å². The van der Waals surface area contributed by atoms with Gasteiger partial charge in [-0.1, -0.05) is 12.1 Å². The summed E-state index contributed by atoms with van der Waals surface area (Å²) in [5, 5.41) is 6.99. The number of piperidine rings is 1. The first-order valence-electron chi connectivity index (χ1n) is 8.09. The molecule has 1 aromatic carbocycles. The van der Waals surface area contributed by atoms with E-state index in [1.165, 1.54) is 12.1 Å². The van der Waals surface area contributed by atoms with Crippen molar-refractivity contribution in [3.63, 3.8) is 0 Å². The van der Waals surface area contributed by atoms with E-state index in [-0.39, 0.29) is 12.4 Å². The number of nitrogens with one attached hydrogen (secondary N) is 1. The van der Waals surface area contributed by atoms with Crippen LogP contribution in [0.3, 0.4) is 0 Å². The normalized spacial score (nSPS) is 18.8. The van der Waals surface area contributed by atoms with Crippen molar-refractivity contribution in [3.05, 3.63) is 41.6 Å². The minimum absolute atomic E-state index is 0. The fraction of sp³-hybridized carbons (Fsp3) is 0.471. The molecule has 4 nitrogen and oxygen atoms in total. The number of benzene rings is 1. The van der Waals surface area contributed by atoms with Crippen LogP contribution in [0.2, 0.25) is 0 Å². The van der Waals surface area contributed by atoms with Crippen LogP contribution in [0.4, 0.5) is 13.2 Å². The molecule has 1 unspecified atom stereocenters. The number of likely N-dealkylation sites (tertiary alicyclic amines) is 1. The summed E-state index contributed by atoms with van der Waals surface area (Å²) in [5.41, 5.74) is 7.61. The van der Waals surface area contributed by atoms with Gasteiger partial charge in [-0.25, -0.2) is 0 Å². The van der Waals surface area contributed by atoms with E-state index >= 15 is 0 Å². The maximum Gasteiger partial charge on any atom is 0.416 e. The average Bonchev–Trinajstić information content (AvgIpc) is 3.02. The largest absolute Gasteiger partial charge is 0.416 e. The van der Waals surface area contributed by atoms with Crippen molar-refractivity contribution in [2.75, 3.05) is 19.6 Å². The van der Waals surface area contributed by atoms with Crippen molar-refractivity contribution in [2.45, 2.75) is 25.6 Å². The highest BCUT2D eigenvalue weighted by Crippen LogP contribution is 2.31. The lowest BCUT2D eigenvalue weighted by Gasteiger charge is -2.32. The monoisotopic (exact) mass is 374 g/mol. The van der Waals surface area contributed by atoms with E-state index < -0.39 is 11.7 Å². The third-order valence-corrected chi connectivity index (χ3v) is 4.55. The molecule has 0 radical (unpaired) electrons. The number of hydrogen-bond acceptors (Lipinski definition) is 3. The summed E-state index contributed by atoms with van der Waals surface area (Å²) in [7, 11) is 0. The third kappa shape index (κ3) is 4.74. The zero-order valence-corrected chi connectivity index (χ0v) is 14.5. The first kappa shape index (κ1) is 19.8. The Morgan fingerprint density at radius 1 is 1.24 bits per heavy atom. The van der Waals surface area contributed by atoms with Crippen molar-refractivity contribution in [2.24, 2.45) is 11.7 Å². The van der Waals surface area contributed by atoms with Crippen LogP contribution >= 0.6 is 12.4 Å². The summed E-state index contributed by atoms with van der Waals surface area (Å²) >= 11 is 0. The Labute approximate surface area is 151 Å². The summed E-state index contributed by atoms with van der Waals surface area (Å²) in [5.74, 6) is 0.514. The van der Waals surface area contributed by atoms with Crippen molar-refractivity contribution in [1.82, 2.24) is 15.1 Å². The van der Waals surface area contributed by atoms with Crippen molar-refractivity contribution < 1.29 is 13.2 Å². The molecule has 0 saturated carbocycles. The van der Waals surface area contributed by atoms with Gasteiger partial charge in [-0.3, -0.25) is 10.00 Å². The number of alkyl halides is 3. The quantitative estimate of drug-likeness (QED) is 0.858. The molecule has 3 rings (SSSR count). The average molecular weight is 375 g/mol. The summed E-state index contributed by atoms with van der Waals surface area (Å²) in [6.07, 6.45) is -0.293. The predicted molar refractivity (Wildman–Crippen MR) is 93.3 cm³/mol. The SMILES string of the molecule is Cl.NCC1CCCN(Cc2cn[nH]c2-c2ccc(C(F)(F)F)cc2)C1. The van der Waals surface area contributed by atoms with E-state index in [9.17, 15) is 13.2 Å². The smallest absolute Gasteiger partial charge is 0.330 e. The number of aromatic nitrogens is 2. The number of hydrogen-bond donors (Lipinski definition) is 2. The lowest BCUT2D eigenvalue weighted by atomic mass is 9.97. The molecule has 138 valence electrons. The number of nitrogens with zero attached hydrogens (tertiary/aromatic N) is 2. The first-order valence-corrected chi connectivity index (χ1v) is 8.09. The van der Waals surface area contributed by atoms with E-state index in [1.807, 2.05) is 0 Å². The standard InChI is InChI=1S/C17H21F3N4.ClH/c18-17(19,20)15-5-3-13(4-6-15)16-14(9-22-23-16)11-24-7-1-2-12(8-21)10-24;/h3-6,9,12H,1-2,7-8,10-11,21H2,(H,22,23);1H. The highest BCUT2D eigenvalue weighted by atomic mass is 35.5. The van der Waals surface area contributed by atoms with Crippen LogP contribution in [0.1, 0.15) is 24.0 Å². The highest BCUT2D eigenvalue weighted by Gasteiger charge is 2.30. The fourth-order valence-corrected chi connectivity index (χ4v) is 3.23. The van der Waals surface area contributed by atoms with Gasteiger partial charge in [0.1, 0.15) is 0 Å². The lowest BCUT2D eigenvalue weighted by molar-refractivity contribution is -0.137. The van der Waals surface area contributed by atoms with Crippen molar-refractivity contribution >= 4 is 12.4 Å². The molecule has 2 aromatic rings. The number of rotatable bonds is 4.